The van der Waals surface area contributed by atoms with E-state index in [9.17, 15) is 4.79 Å². The molecule has 3 rings (SSSR count). The highest BCUT2D eigenvalue weighted by atomic mass is 32.1. The normalized spacial score (nSPS) is 15.8. The predicted molar refractivity (Wildman–Crippen MR) is 78.1 cm³/mol. The Hall–Kier alpha value is -2.01. The van der Waals surface area contributed by atoms with Gasteiger partial charge in [-0.3, -0.25) is 0 Å². The molecule has 20 heavy (non-hydrogen) atoms. The first-order valence-electron chi connectivity index (χ1n) is 6.53. The smallest absolute Gasteiger partial charge is 0.407 e. The molecule has 1 N–H and O–H groups in total. The monoisotopic (exact) mass is 289 g/mol. The Morgan fingerprint density at radius 2 is 2.25 bits per heavy atom. The number of para-hydroxylation sites is 1. The van der Waals surface area contributed by atoms with Crippen LogP contribution in [0.5, 0.6) is 5.75 Å². The molecule has 1 atom stereocenters. The van der Waals surface area contributed by atoms with Gasteiger partial charge in [0.2, 0.25) is 0 Å². The van der Waals surface area contributed by atoms with E-state index >= 15 is 0 Å². The van der Waals surface area contributed by atoms with Gasteiger partial charge in [-0.15, -0.1) is 11.3 Å². The summed E-state index contributed by atoms with van der Waals surface area (Å²) < 4.78 is 10.9. The summed E-state index contributed by atoms with van der Waals surface area (Å²) in [7, 11) is 0. The minimum atomic E-state index is -0.410. The van der Waals surface area contributed by atoms with Crippen molar-refractivity contribution in [3.8, 4) is 16.2 Å². The number of hydrogen-bond donors (Lipinski definition) is 1. The van der Waals surface area contributed by atoms with Crippen molar-refractivity contribution in [2.24, 2.45) is 0 Å². The Kier molecular flexibility index (Phi) is 3.60. The highest BCUT2D eigenvalue weighted by molar-refractivity contribution is 7.13. The van der Waals surface area contributed by atoms with Gasteiger partial charge in [0.25, 0.3) is 0 Å². The fourth-order valence-electron chi connectivity index (χ4n) is 2.28. The van der Waals surface area contributed by atoms with Gasteiger partial charge >= 0.3 is 6.09 Å². The van der Waals surface area contributed by atoms with Crippen LogP contribution in [0.25, 0.3) is 10.4 Å². The maximum absolute atomic E-state index is 11.4. The summed E-state index contributed by atoms with van der Waals surface area (Å²) in [6.45, 7) is 2.55. The molecule has 1 aliphatic rings. The number of carbonyl (C=O) groups excluding carboxylic acids is 1. The highest BCUT2D eigenvalue weighted by Crippen LogP contribution is 2.44. The van der Waals surface area contributed by atoms with E-state index in [4.69, 9.17) is 9.47 Å². The van der Waals surface area contributed by atoms with Crippen LogP contribution >= 0.6 is 11.3 Å². The minimum absolute atomic E-state index is 0.171. The molecule has 1 aliphatic heterocycles. The lowest BCUT2D eigenvalue weighted by molar-refractivity contribution is 0.141. The number of thiophene rings is 1. The molecule has 2 aromatic rings. The third-order valence-electron chi connectivity index (χ3n) is 3.15. The van der Waals surface area contributed by atoms with Crippen molar-refractivity contribution in [1.29, 1.82) is 0 Å². The Morgan fingerprint density at radius 1 is 1.40 bits per heavy atom. The van der Waals surface area contributed by atoms with Crippen LogP contribution < -0.4 is 10.1 Å². The number of carbonyl (C=O) groups is 1. The summed E-state index contributed by atoms with van der Waals surface area (Å²) in [6.07, 6.45) is -0.581. The molecule has 0 radical (unpaired) electrons. The van der Waals surface area contributed by atoms with Gasteiger partial charge in [0.1, 0.15) is 11.9 Å². The zero-order valence-electron chi connectivity index (χ0n) is 11.1. The molecule has 0 saturated heterocycles. The van der Waals surface area contributed by atoms with Crippen LogP contribution in [-0.2, 0) is 4.74 Å². The third kappa shape index (κ3) is 2.36. The molecule has 1 aromatic carbocycles. The van der Waals surface area contributed by atoms with Crippen molar-refractivity contribution in [3.05, 3.63) is 41.3 Å². The molecule has 1 amide bonds. The third-order valence-corrected chi connectivity index (χ3v) is 4.11. The Morgan fingerprint density at radius 3 is 3.10 bits per heavy atom. The number of hydrogen-bond acceptors (Lipinski definition) is 4. The molecule has 0 aliphatic carbocycles. The Balaban J connectivity index is 1.81. The van der Waals surface area contributed by atoms with E-state index in [-0.39, 0.29) is 6.10 Å². The number of rotatable bonds is 3. The number of ether oxygens (including phenoxy) is 2. The number of amides is 1. The Bertz CT molecular complexity index is 623. The van der Waals surface area contributed by atoms with Crippen molar-refractivity contribution in [2.45, 2.75) is 13.0 Å². The molecule has 1 aromatic heterocycles. The van der Waals surface area contributed by atoms with Gasteiger partial charge in [-0.05, 0) is 30.5 Å². The van der Waals surface area contributed by atoms with E-state index in [1.54, 1.807) is 18.3 Å². The van der Waals surface area contributed by atoms with Gasteiger partial charge in [-0.2, -0.15) is 0 Å². The zero-order valence-corrected chi connectivity index (χ0v) is 11.9. The minimum Gasteiger partial charge on any atom is -0.483 e. The number of benzene rings is 1. The molecular formula is C15H15NO3S. The lowest BCUT2D eigenvalue weighted by atomic mass is 10.0. The lowest BCUT2D eigenvalue weighted by Gasteiger charge is -2.26. The second-order valence-corrected chi connectivity index (χ2v) is 5.33. The highest BCUT2D eigenvalue weighted by Gasteiger charge is 2.27. The average Bonchev–Trinajstić information content (AvgIpc) is 2.95. The Labute approximate surface area is 121 Å². The summed E-state index contributed by atoms with van der Waals surface area (Å²) in [6, 6.07) is 10.0. The maximum atomic E-state index is 11.4. The van der Waals surface area contributed by atoms with Gasteiger partial charge in [0.05, 0.1) is 13.2 Å². The van der Waals surface area contributed by atoms with E-state index in [0.29, 0.717) is 13.2 Å². The molecule has 4 nitrogen and oxygen atoms in total. The van der Waals surface area contributed by atoms with Crippen molar-refractivity contribution in [2.75, 3.05) is 13.2 Å². The second kappa shape index (κ2) is 5.54. The average molecular weight is 289 g/mol. The fraction of sp³-hybridized carbons (Fsp3) is 0.267. The van der Waals surface area contributed by atoms with Gasteiger partial charge in [0, 0.05) is 16.0 Å². The summed E-state index contributed by atoms with van der Waals surface area (Å²) in [5, 5.41) is 4.78. The fourth-order valence-corrected chi connectivity index (χ4v) is 3.26. The van der Waals surface area contributed by atoms with Crippen molar-refractivity contribution < 1.29 is 14.3 Å². The summed E-state index contributed by atoms with van der Waals surface area (Å²) in [5.74, 6) is 0.859. The summed E-state index contributed by atoms with van der Waals surface area (Å²) in [4.78, 5) is 12.6. The van der Waals surface area contributed by atoms with Gasteiger partial charge in [-0.25, -0.2) is 4.79 Å². The first-order valence-corrected chi connectivity index (χ1v) is 7.41. The molecule has 2 heterocycles. The zero-order chi connectivity index (χ0) is 13.9. The van der Waals surface area contributed by atoms with Gasteiger partial charge in [0.15, 0.2) is 0 Å². The summed E-state index contributed by atoms with van der Waals surface area (Å²) >= 11 is 1.69. The topological polar surface area (TPSA) is 47.6 Å². The van der Waals surface area contributed by atoms with Gasteiger partial charge in [-0.1, -0.05) is 12.1 Å². The van der Waals surface area contributed by atoms with Gasteiger partial charge < -0.3 is 14.8 Å². The molecule has 0 saturated carbocycles. The predicted octanol–water partition coefficient (Wildman–Crippen LogP) is 3.59. The van der Waals surface area contributed by atoms with Crippen LogP contribution in [0.2, 0.25) is 0 Å². The second-order valence-electron chi connectivity index (χ2n) is 4.41. The quantitative estimate of drug-likeness (QED) is 0.939. The molecule has 1 unspecified atom stereocenters. The molecule has 0 bridgehead atoms. The molecule has 5 heteroatoms. The van der Waals surface area contributed by atoms with Crippen LogP contribution in [0.3, 0.4) is 0 Å². The van der Waals surface area contributed by atoms with E-state index in [2.05, 4.69) is 11.4 Å². The van der Waals surface area contributed by atoms with Crippen LogP contribution in [-0.4, -0.2) is 19.2 Å². The number of fused-ring (bicyclic) bond motifs is 3. The van der Waals surface area contributed by atoms with E-state index < -0.39 is 6.09 Å². The van der Waals surface area contributed by atoms with Crippen LogP contribution in [0.15, 0.2) is 35.7 Å². The molecule has 0 spiro atoms. The van der Waals surface area contributed by atoms with E-state index in [1.165, 1.54) is 4.88 Å². The largest absolute Gasteiger partial charge is 0.483 e. The van der Waals surface area contributed by atoms with Crippen LogP contribution in [0, 0.1) is 0 Å². The van der Waals surface area contributed by atoms with Crippen LogP contribution in [0.1, 0.15) is 18.6 Å². The first kappa shape index (κ1) is 13.0. The molecule has 0 fully saturated rings. The molecule has 104 valence electrons. The van der Waals surface area contributed by atoms with Crippen molar-refractivity contribution in [3.63, 3.8) is 0 Å². The number of alkyl carbamates (subject to hydrolysis) is 1. The first-order chi connectivity index (χ1) is 9.79. The lowest BCUT2D eigenvalue weighted by Crippen LogP contribution is -2.32. The SMILES string of the molecule is CCOC(=O)NCC1Oc2ccccc2-c2sccc21. The molecular weight excluding hydrogens is 274 g/mol. The number of nitrogens with one attached hydrogen (secondary N) is 1. The van der Waals surface area contributed by atoms with Crippen molar-refractivity contribution >= 4 is 17.4 Å². The van der Waals surface area contributed by atoms with Crippen molar-refractivity contribution in [1.82, 2.24) is 5.32 Å². The van der Waals surface area contributed by atoms with E-state index in [1.807, 2.05) is 29.6 Å². The summed E-state index contributed by atoms with van der Waals surface area (Å²) in [5.41, 5.74) is 2.23. The van der Waals surface area contributed by atoms with Crippen LogP contribution in [0.4, 0.5) is 4.79 Å². The maximum Gasteiger partial charge on any atom is 0.407 e. The standard InChI is InChI=1S/C15H15NO3S/c1-2-18-15(17)16-9-13-11-7-8-20-14(11)10-5-3-4-6-12(10)19-13/h3-8,13H,2,9H2,1H3,(H,16,17). The van der Waals surface area contributed by atoms with E-state index in [0.717, 1.165) is 16.9 Å².